The monoisotopic (exact) mass is 307 g/mol. The van der Waals surface area contributed by atoms with Crippen molar-refractivity contribution in [1.82, 2.24) is 5.32 Å². The van der Waals surface area contributed by atoms with Crippen LogP contribution in [0.4, 0.5) is 17.6 Å². The average Bonchev–Trinajstić information content (AvgIpc) is 2.36. The first kappa shape index (κ1) is 17.9. The second kappa shape index (κ2) is 7.22. The van der Waals surface area contributed by atoms with Crippen molar-refractivity contribution in [2.24, 2.45) is 0 Å². The van der Waals surface area contributed by atoms with Gasteiger partial charge in [0.1, 0.15) is 6.61 Å². The molecule has 6 heteroatoms. The summed E-state index contributed by atoms with van der Waals surface area (Å²) in [5.41, 5.74) is 1.72. The highest BCUT2D eigenvalue weighted by Crippen LogP contribution is 2.23. The fourth-order valence-corrected chi connectivity index (χ4v) is 1.49. The maximum atomic E-state index is 12.6. The van der Waals surface area contributed by atoms with Crippen LogP contribution in [0, 0.1) is 0 Å². The van der Waals surface area contributed by atoms with Gasteiger partial charge in [-0.05, 0) is 31.9 Å². The van der Waals surface area contributed by atoms with Crippen LogP contribution in [0.3, 0.4) is 0 Å². The molecule has 0 radical (unpaired) electrons. The van der Waals surface area contributed by atoms with E-state index in [4.69, 9.17) is 0 Å². The van der Waals surface area contributed by atoms with Gasteiger partial charge >= 0.3 is 12.3 Å². The Morgan fingerprint density at radius 2 is 1.57 bits per heavy atom. The van der Waals surface area contributed by atoms with E-state index in [1.165, 1.54) is 0 Å². The minimum Gasteiger partial charge on any atom is -0.370 e. The second-order valence-corrected chi connectivity index (χ2v) is 5.97. The van der Waals surface area contributed by atoms with Gasteiger partial charge in [-0.1, -0.05) is 24.3 Å². The molecule has 0 atom stereocenters. The summed E-state index contributed by atoms with van der Waals surface area (Å²) < 4.78 is 53.8. The Morgan fingerprint density at radius 1 is 1.05 bits per heavy atom. The van der Waals surface area contributed by atoms with E-state index in [9.17, 15) is 17.6 Å². The Balaban J connectivity index is 2.41. The average molecular weight is 307 g/mol. The van der Waals surface area contributed by atoms with E-state index >= 15 is 0 Å². The highest BCUT2D eigenvalue weighted by atomic mass is 19.3. The van der Waals surface area contributed by atoms with Gasteiger partial charge in [0.2, 0.25) is 0 Å². The minimum absolute atomic E-state index is 0.00262. The third kappa shape index (κ3) is 6.91. The molecule has 0 fully saturated rings. The predicted molar refractivity (Wildman–Crippen MR) is 73.6 cm³/mol. The molecule has 0 saturated heterocycles. The van der Waals surface area contributed by atoms with Gasteiger partial charge in [-0.15, -0.1) is 0 Å². The summed E-state index contributed by atoms with van der Waals surface area (Å²) in [5, 5.41) is 3.32. The molecule has 21 heavy (non-hydrogen) atoms. The van der Waals surface area contributed by atoms with Gasteiger partial charge in [0.05, 0.1) is 6.61 Å². The Labute approximate surface area is 122 Å². The van der Waals surface area contributed by atoms with E-state index in [1.807, 2.05) is 12.1 Å². The zero-order chi connectivity index (χ0) is 16.1. The summed E-state index contributed by atoms with van der Waals surface area (Å²) in [6.07, 6.45) is -3.71. The minimum atomic E-state index is -4.10. The molecule has 0 heterocycles. The molecule has 1 N–H and O–H groups in total. The molecule has 0 spiro atoms. The third-order valence-corrected chi connectivity index (χ3v) is 2.73. The summed E-state index contributed by atoms with van der Waals surface area (Å²) >= 11 is 0. The van der Waals surface area contributed by atoms with Crippen LogP contribution in [-0.4, -0.2) is 24.5 Å². The lowest BCUT2D eigenvalue weighted by Crippen LogP contribution is -2.35. The van der Waals surface area contributed by atoms with Gasteiger partial charge in [-0.2, -0.15) is 8.78 Å². The Kier molecular flexibility index (Phi) is 6.16. The summed E-state index contributed by atoms with van der Waals surface area (Å²) in [4.78, 5) is 0. The van der Waals surface area contributed by atoms with Crippen molar-refractivity contribution in [1.29, 1.82) is 0 Å². The van der Waals surface area contributed by atoms with Crippen LogP contribution in [0.25, 0.3) is 0 Å². The number of halogens is 4. The molecule has 0 aromatic heterocycles. The molecule has 1 rings (SSSR count). The van der Waals surface area contributed by atoms with Gasteiger partial charge in [0, 0.05) is 12.1 Å². The molecule has 0 aliphatic rings. The highest BCUT2D eigenvalue weighted by Gasteiger charge is 2.40. The molecule has 0 bridgehead atoms. The summed E-state index contributed by atoms with van der Waals surface area (Å²) in [7, 11) is 0. The number of rotatable bonds is 7. The van der Waals surface area contributed by atoms with E-state index in [0.29, 0.717) is 12.1 Å². The Bertz CT molecular complexity index is 426. The van der Waals surface area contributed by atoms with Crippen molar-refractivity contribution in [3.05, 3.63) is 35.4 Å². The first-order valence-corrected chi connectivity index (χ1v) is 6.67. The molecule has 2 nitrogen and oxygen atoms in total. The van der Waals surface area contributed by atoms with Gasteiger partial charge in [0.25, 0.3) is 0 Å². The lowest BCUT2D eigenvalue weighted by atomic mass is 10.1. The lowest BCUT2D eigenvalue weighted by molar-refractivity contribution is -0.168. The molecule has 0 amide bonds. The fraction of sp³-hybridized carbons (Fsp3) is 0.600. The summed E-state index contributed by atoms with van der Waals surface area (Å²) in [6, 6.07) is 7.17. The molecule has 0 unspecified atom stereocenters. The van der Waals surface area contributed by atoms with E-state index < -0.39 is 19.0 Å². The molecule has 120 valence electrons. The largest absolute Gasteiger partial charge is 0.370 e. The van der Waals surface area contributed by atoms with Crippen LogP contribution >= 0.6 is 0 Å². The van der Waals surface area contributed by atoms with Crippen LogP contribution in [-0.2, 0) is 17.9 Å². The van der Waals surface area contributed by atoms with Gasteiger partial charge in [-0.3, -0.25) is 0 Å². The maximum Gasteiger partial charge on any atom is 0.330 e. The quantitative estimate of drug-likeness (QED) is 0.769. The number of alkyl halides is 4. The van der Waals surface area contributed by atoms with Crippen LogP contribution in [0.1, 0.15) is 31.9 Å². The van der Waals surface area contributed by atoms with Crippen LogP contribution in [0.5, 0.6) is 0 Å². The van der Waals surface area contributed by atoms with Gasteiger partial charge < -0.3 is 10.1 Å². The summed E-state index contributed by atoms with van der Waals surface area (Å²) in [6.45, 7) is 5.45. The van der Waals surface area contributed by atoms with Crippen LogP contribution < -0.4 is 5.32 Å². The van der Waals surface area contributed by atoms with E-state index in [0.717, 1.165) is 5.56 Å². The number of hydrogen-bond acceptors (Lipinski definition) is 2. The predicted octanol–water partition coefficient (Wildman–Crippen LogP) is 3.99. The molecule has 0 aliphatic heterocycles. The SMILES string of the molecule is CC(C)(C)NCc1ccc(COCC(F)(F)C(F)F)cc1. The smallest absolute Gasteiger partial charge is 0.330 e. The normalized spacial score (nSPS) is 13.0. The van der Waals surface area contributed by atoms with Crippen LogP contribution in [0.15, 0.2) is 24.3 Å². The van der Waals surface area contributed by atoms with E-state index in [2.05, 4.69) is 30.8 Å². The fourth-order valence-electron chi connectivity index (χ4n) is 1.49. The zero-order valence-electron chi connectivity index (χ0n) is 12.4. The first-order valence-electron chi connectivity index (χ1n) is 6.67. The van der Waals surface area contributed by atoms with E-state index in [-0.39, 0.29) is 12.1 Å². The Morgan fingerprint density at radius 3 is 2.05 bits per heavy atom. The van der Waals surface area contributed by atoms with Crippen molar-refractivity contribution in [2.45, 2.75) is 51.8 Å². The molecular formula is C15H21F4NO. The highest BCUT2D eigenvalue weighted by molar-refractivity contribution is 5.22. The maximum absolute atomic E-state index is 12.6. The van der Waals surface area contributed by atoms with E-state index in [1.54, 1.807) is 12.1 Å². The molecular weight excluding hydrogens is 286 g/mol. The Hall–Kier alpha value is -1.14. The van der Waals surface area contributed by atoms with Crippen molar-refractivity contribution in [3.8, 4) is 0 Å². The number of hydrogen-bond donors (Lipinski definition) is 1. The van der Waals surface area contributed by atoms with Gasteiger partial charge in [-0.25, -0.2) is 8.78 Å². The van der Waals surface area contributed by atoms with Crippen molar-refractivity contribution in [3.63, 3.8) is 0 Å². The van der Waals surface area contributed by atoms with Crippen molar-refractivity contribution in [2.75, 3.05) is 6.61 Å². The van der Waals surface area contributed by atoms with Gasteiger partial charge in [0.15, 0.2) is 0 Å². The van der Waals surface area contributed by atoms with Crippen LogP contribution in [0.2, 0.25) is 0 Å². The number of ether oxygens (including phenoxy) is 1. The van der Waals surface area contributed by atoms with Crippen molar-refractivity contribution >= 4 is 0 Å². The third-order valence-electron chi connectivity index (χ3n) is 2.73. The van der Waals surface area contributed by atoms with Crippen molar-refractivity contribution < 1.29 is 22.3 Å². The first-order chi connectivity index (χ1) is 9.60. The number of nitrogens with one attached hydrogen (secondary N) is 1. The molecule has 0 saturated carbocycles. The number of benzene rings is 1. The molecule has 0 aliphatic carbocycles. The second-order valence-electron chi connectivity index (χ2n) is 5.97. The lowest BCUT2D eigenvalue weighted by Gasteiger charge is -2.20. The topological polar surface area (TPSA) is 21.3 Å². The molecule has 1 aromatic carbocycles. The zero-order valence-corrected chi connectivity index (χ0v) is 12.4. The summed E-state index contributed by atoms with van der Waals surface area (Å²) in [5.74, 6) is -4.10. The molecule has 1 aromatic rings. The standard InChI is InChI=1S/C15H21F4NO/c1-14(2,3)20-8-11-4-6-12(7-5-11)9-21-10-15(18,19)13(16)17/h4-7,13,20H,8-10H2,1-3H3.